The molecular weight excluding hydrogens is 168 g/mol. The molecule has 58 valence electrons. The number of hydrogen-bond donors (Lipinski definition) is 0. The maximum atomic E-state index is 10.4. The lowest BCUT2D eigenvalue weighted by Gasteiger charge is -1.91. The van der Waals surface area contributed by atoms with E-state index in [1.807, 2.05) is 0 Å². The van der Waals surface area contributed by atoms with Gasteiger partial charge in [0.25, 0.3) is 6.01 Å². The Bertz CT molecular complexity index is 308. The van der Waals surface area contributed by atoms with Crippen LogP contribution in [-0.2, 0) is 6.54 Å². The van der Waals surface area contributed by atoms with Crippen LogP contribution in [0.15, 0.2) is 0 Å². The van der Waals surface area contributed by atoms with E-state index in [0.29, 0.717) is 31.1 Å². The molecule has 0 aliphatic carbocycles. The average Bonchev–Trinajstić information content (AvgIpc) is 2.46. The summed E-state index contributed by atoms with van der Waals surface area (Å²) in [4.78, 5) is 14.3. The van der Waals surface area contributed by atoms with Gasteiger partial charge in [0, 0.05) is 0 Å². The maximum absolute atomic E-state index is 10.4. The zero-order chi connectivity index (χ0) is 7.84. The molecule has 5 heteroatoms. The highest BCUT2D eigenvalue weighted by molar-refractivity contribution is 6.31. The van der Waals surface area contributed by atoms with E-state index in [-0.39, 0.29) is 5.15 Å². The Hall–Kier alpha value is -1.03. The largest absolute Gasteiger partial charge is 0.463 e. The molecule has 0 fully saturated rings. The second-order valence-electron chi connectivity index (χ2n) is 2.19. The fourth-order valence-corrected chi connectivity index (χ4v) is 1.30. The first-order chi connectivity index (χ1) is 5.33. The number of imidazole rings is 1. The van der Waals surface area contributed by atoms with Gasteiger partial charge in [-0.1, -0.05) is 11.6 Å². The third-order valence-electron chi connectivity index (χ3n) is 1.58. The van der Waals surface area contributed by atoms with Gasteiger partial charge in [-0.05, 0) is 0 Å². The number of carbonyl (C=O) groups is 1. The summed E-state index contributed by atoms with van der Waals surface area (Å²) in [6, 6.07) is 0.442. The van der Waals surface area contributed by atoms with Crippen LogP contribution in [0.1, 0.15) is 10.5 Å². The number of ether oxygens (including phenoxy) is 1. The van der Waals surface area contributed by atoms with Gasteiger partial charge >= 0.3 is 0 Å². The van der Waals surface area contributed by atoms with Crippen molar-refractivity contribution >= 4 is 17.9 Å². The molecule has 11 heavy (non-hydrogen) atoms. The van der Waals surface area contributed by atoms with E-state index in [1.54, 1.807) is 4.57 Å². The number of aldehydes is 1. The molecule has 0 atom stereocenters. The molecule has 0 aromatic carbocycles. The van der Waals surface area contributed by atoms with Gasteiger partial charge in [-0.2, -0.15) is 4.98 Å². The predicted octanol–water partition coefficient (Wildman–Crippen LogP) is 0.741. The Morgan fingerprint density at radius 3 is 3.27 bits per heavy atom. The second-order valence-corrected chi connectivity index (χ2v) is 2.55. The summed E-state index contributed by atoms with van der Waals surface area (Å²) < 4.78 is 6.73. The highest BCUT2D eigenvalue weighted by Crippen LogP contribution is 2.24. The van der Waals surface area contributed by atoms with Crippen molar-refractivity contribution in [3.63, 3.8) is 0 Å². The molecule has 0 radical (unpaired) electrons. The summed E-state index contributed by atoms with van der Waals surface area (Å²) in [5.74, 6) is 0. The van der Waals surface area contributed by atoms with E-state index in [0.717, 1.165) is 0 Å². The van der Waals surface area contributed by atoms with Gasteiger partial charge in [-0.25, -0.2) is 0 Å². The molecule has 1 aliphatic heterocycles. The molecule has 0 unspecified atom stereocenters. The average molecular weight is 173 g/mol. The lowest BCUT2D eigenvalue weighted by molar-refractivity contribution is 0.111. The number of rotatable bonds is 1. The van der Waals surface area contributed by atoms with Crippen LogP contribution in [0.3, 0.4) is 0 Å². The van der Waals surface area contributed by atoms with Crippen LogP contribution >= 0.6 is 11.6 Å². The van der Waals surface area contributed by atoms with Crippen molar-refractivity contribution in [3.05, 3.63) is 10.8 Å². The van der Waals surface area contributed by atoms with Crippen LogP contribution in [0.4, 0.5) is 0 Å². The molecule has 0 spiro atoms. The van der Waals surface area contributed by atoms with Gasteiger partial charge in [-0.3, -0.25) is 9.36 Å². The molecule has 0 N–H and O–H groups in total. The zero-order valence-corrected chi connectivity index (χ0v) is 6.34. The van der Waals surface area contributed by atoms with Crippen molar-refractivity contribution in [1.82, 2.24) is 9.55 Å². The van der Waals surface area contributed by atoms with Gasteiger partial charge in [-0.15, -0.1) is 0 Å². The van der Waals surface area contributed by atoms with Gasteiger partial charge in [0.2, 0.25) is 0 Å². The molecule has 1 aromatic heterocycles. The minimum atomic E-state index is 0.217. The summed E-state index contributed by atoms with van der Waals surface area (Å²) in [5, 5.41) is 0.217. The Morgan fingerprint density at radius 2 is 2.55 bits per heavy atom. The van der Waals surface area contributed by atoms with Crippen LogP contribution in [0.25, 0.3) is 0 Å². The van der Waals surface area contributed by atoms with E-state index >= 15 is 0 Å². The monoisotopic (exact) mass is 172 g/mol. The molecule has 0 amide bonds. The van der Waals surface area contributed by atoms with E-state index in [1.165, 1.54) is 0 Å². The molecule has 0 saturated carbocycles. The summed E-state index contributed by atoms with van der Waals surface area (Å²) in [6.07, 6.45) is 0.688. The van der Waals surface area contributed by atoms with Crippen molar-refractivity contribution in [2.45, 2.75) is 6.54 Å². The van der Waals surface area contributed by atoms with Crippen LogP contribution in [0, 0.1) is 0 Å². The van der Waals surface area contributed by atoms with Crippen LogP contribution in [0.5, 0.6) is 6.01 Å². The van der Waals surface area contributed by atoms with E-state index < -0.39 is 0 Å². The Labute approximate surface area is 67.7 Å². The molecule has 2 heterocycles. The topological polar surface area (TPSA) is 44.1 Å². The first kappa shape index (κ1) is 6.67. The summed E-state index contributed by atoms with van der Waals surface area (Å²) >= 11 is 5.62. The van der Waals surface area contributed by atoms with E-state index in [4.69, 9.17) is 16.3 Å². The molecule has 0 bridgehead atoms. The minimum Gasteiger partial charge on any atom is -0.463 e. The highest BCUT2D eigenvalue weighted by atomic mass is 35.5. The standard InChI is InChI=1S/C6H5ClN2O2/c7-5-4(3-10)9-1-2-11-6(9)8-5/h3H,1-2H2. The molecular formula is C6H5ClN2O2. The summed E-state index contributed by atoms with van der Waals surface area (Å²) in [7, 11) is 0. The first-order valence-electron chi connectivity index (χ1n) is 3.17. The lowest BCUT2D eigenvalue weighted by atomic mass is 10.5. The number of nitrogens with zero attached hydrogens (tertiary/aromatic N) is 2. The minimum absolute atomic E-state index is 0.217. The molecule has 0 saturated heterocycles. The smallest absolute Gasteiger partial charge is 0.298 e. The normalized spacial score (nSPS) is 14.3. The quantitative estimate of drug-likeness (QED) is 0.587. The first-order valence-corrected chi connectivity index (χ1v) is 3.54. The van der Waals surface area contributed by atoms with Gasteiger partial charge in [0.15, 0.2) is 11.4 Å². The van der Waals surface area contributed by atoms with Crippen molar-refractivity contribution < 1.29 is 9.53 Å². The lowest BCUT2D eigenvalue weighted by Crippen LogP contribution is -1.98. The van der Waals surface area contributed by atoms with Gasteiger partial charge < -0.3 is 4.74 Å². The molecule has 4 nitrogen and oxygen atoms in total. The van der Waals surface area contributed by atoms with Gasteiger partial charge in [0.05, 0.1) is 6.54 Å². The SMILES string of the molecule is O=Cc1c(Cl)nc2n1CCO2. The van der Waals surface area contributed by atoms with Crippen molar-refractivity contribution in [3.8, 4) is 6.01 Å². The predicted molar refractivity (Wildman–Crippen MR) is 38.1 cm³/mol. The molecule has 1 aromatic rings. The number of hydrogen-bond acceptors (Lipinski definition) is 3. The molecule has 2 rings (SSSR count). The molecule has 1 aliphatic rings. The summed E-state index contributed by atoms with van der Waals surface area (Å²) in [6.45, 7) is 1.23. The van der Waals surface area contributed by atoms with E-state index in [9.17, 15) is 4.79 Å². The third kappa shape index (κ3) is 0.826. The van der Waals surface area contributed by atoms with Crippen LogP contribution < -0.4 is 4.74 Å². The number of fused-ring (bicyclic) bond motifs is 1. The Balaban J connectivity index is 2.60. The number of carbonyl (C=O) groups excluding carboxylic acids is 1. The highest BCUT2D eigenvalue weighted by Gasteiger charge is 2.20. The number of aromatic nitrogens is 2. The maximum Gasteiger partial charge on any atom is 0.298 e. The Morgan fingerprint density at radius 1 is 1.73 bits per heavy atom. The van der Waals surface area contributed by atoms with E-state index in [2.05, 4.69) is 4.98 Å². The zero-order valence-electron chi connectivity index (χ0n) is 5.58. The van der Waals surface area contributed by atoms with Crippen molar-refractivity contribution in [2.24, 2.45) is 0 Å². The Kier molecular flexibility index (Phi) is 1.35. The fourth-order valence-electron chi connectivity index (χ4n) is 1.08. The second kappa shape index (κ2) is 2.23. The van der Waals surface area contributed by atoms with Crippen LogP contribution in [0.2, 0.25) is 5.15 Å². The van der Waals surface area contributed by atoms with Gasteiger partial charge in [0.1, 0.15) is 12.3 Å². The summed E-state index contributed by atoms with van der Waals surface area (Å²) in [5.41, 5.74) is 0.402. The van der Waals surface area contributed by atoms with Crippen LogP contribution in [-0.4, -0.2) is 22.4 Å². The van der Waals surface area contributed by atoms with Crippen molar-refractivity contribution in [1.29, 1.82) is 0 Å². The number of halogens is 1. The fraction of sp³-hybridized carbons (Fsp3) is 0.333. The third-order valence-corrected chi connectivity index (χ3v) is 1.86. The van der Waals surface area contributed by atoms with Crippen molar-refractivity contribution in [2.75, 3.05) is 6.61 Å².